The van der Waals surface area contributed by atoms with Crippen molar-refractivity contribution in [2.24, 2.45) is 0 Å². The summed E-state index contributed by atoms with van der Waals surface area (Å²) in [7, 11) is 3.09. The van der Waals surface area contributed by atoms with Crippen molar-refractivity contribution in [3.8, 4) is 28.2 Å². The number of aryl methyl sites for hydroxylation is 2. The number of methoxy groups -OCH3 is 1. The number of amides is 2. The number of carbonyl (C=O) groups is 2. The third-order valence-corrected chi connectivity index (χ3v) is 6.79. The number of allylic oxidation sites excluding steroid dienone is 1. The second-order valence-corrected chi connectivity index (χ2v) is 9.43. The molecule has 4 aromatic rings. The van der Waals surface area contributed by atoms with Crippen molar-refractivity contribution in [1.29, 1.82) is 0 Å². The number of hydrogen-bond acceptors (Lipinski definition) is 4. The summed E-state index contributed by atoms with van der Waals surface area (Å²) in [4.78, 5) is 26.2. The molecule has 0 aliphatic heterocycles. The summed E-state index contributed by atoms with van der Waals surface area (Å²) in [5, 5.41) is 6.17. The van der Waals surface area contributed by atoms with Gasteiger partial charge in [0.15, 0.2) is 0 Å². The molecule has 0 spiro atoms. The van der Waals surface area contributed by atoms with Crippen LogP contribution in [0.25, 0.3) is 33.4 Å². The van der Waals surface area contributed by atoms with Crippen LogP contribution in [0.15, 0.2) is 65.2 Å². The van der Waals surface area contributed by atoms with Crippen LogP contribution in [0, 0.1) is 12.7 Å². The first-order valence-electron chi connectivity index (χ1n) is 13.0. The highest BCUT2D eigenvalue weighted by atomic mass is 19.1. The molecule has 3 aromatic carbocycles. The van der Waals surface area contributed by atoms with Crippen molar-refractivity contribution in [3.63, 3.8) is 0 Å². The molecular weight excluding hydrogens is 495 g/mol. The van der Waals surface area contributed by atoms with Crippen molar-refractivity contribution in [3.05, 3.63) is 88.9 Å². The quantitative estimate of drug-likeness (QED) is 0.241. The van der Waals surface area contributed by atoms with Gasteiger partial charge in [0.05, 0.1) is 18.2 Å². The van der Waals surface area contributed by atoms with Crippen LogP contribution >= 0.6 is 0 Å². The number of furan rings is 1. The summed E-state index contributed by atoms with van der Waals surface area (Å²) >= 11 is 0. The Balaban J connectivity index is 1.99. The number of carbonyl (C=O) groups excluding carboxylic acids is 2. The standard InChI is InChI=1S/C32H33FN2O4/c1-7-9-21-15-28-25(29(32(37)34-5)30(39-28)20-10-12-22(33)13-11-20)17-24(21)23-16-26(27(38-6)14-18(23)3)31(36)35-19(4)8-2/h10-17H,4,7-9H2,1-3,5-6H3,(H,34,37)(H,35,36). The summed E-state index contributed by atoms with van der Waals surface area (Å²) in [5.41, 5.74) is 6.20. The van der Waals surface area contributed by atoms with E-state index in [-0.39, 0.29) is 17.6 Å². The van der Waals surface area contributed by atoms with Crippen LogP contribution in [0.1, 0.15) is 58.5 Å². The minimum atomic E-state index is -0.374. The van der Waals surface area contributed by atoms with E-state index in [1.54, 1.807) is 19.2 Å². The predicted octanol–water partition coefficient (Wildman–Crippen LogP) is 7.19. The van der Waals surface area contributed by atoms with Crippen LogP contribution < -0.4 is 15.4 Å². The molecule has 0 radical (unpaired) electrons. The largest absolute Gasteiger partial charge is 0.496 e. The Hall–Kier alpha value is -4.39. The highest BCUT2D eigenvalue weighted by molar-refractivity contribution is 6.12. The van der Waals surface area contributed by atoms with E-state index in [9.17, 15) is 14.0 Å². The van der Waals surface area contributed by atoms with E-state index >= 15 is 0 Å². The molecule has 0 atom stereocenters. The van der Waals surface area contributed by atoms with E-state index in [2.05, 4.69) is 24.1 Å². The van der Waals surface area contributed by atoms with Crippen molar-refractivity contribution < 1.29 is 23.1 Å². The molecule has 2 N–H and O–H groups in total. The highest BCUT2D eigenvalue weighted by Gasteiger charge is 2.24. The average molecular weight is 529 g/mol. The van der Waals surface area contributed by atoms with Crippen LogP contribution in [-0.2, 0) is 6.42 Å². The van der Waals surface area contributed by atoms with E-state index in [1.165, 1.54) is 19.2 Å². The summed E-state index contributed by atoms with van der Waals surface area (Å²) < 4.78 is 25.4. The van der Waals surface area contributed by atoms with E-state index in [1.807, 2.05) is 38.1 Å². The minimum Gasteiger partial charge on any atom is -0.496 e. The monoisotopic (exact) mass is 528 g/mol. The number of rotatable bonds is 9. The number of ether oxygens (including phenoxy) is 1. The SMILES string of the molecule is C=C(CC)NC(=O)c1cc(-c2cc3c(C(=O)NC)c(-c4ccc(F)cc4)oc3cc2CCC)c(C)cc1OC. The maximum absolute atomic E-state index is 13.6. The molecule has 1 heterocycles. The molecule has 2 amide bonds. The fourth-order valence-electron chi connectivity index (χ4n) is 4.70. The van der Waals surface area contributed by atoms with Gasteiger partial charge in [0.2, 0.25) is 0 Å². The van der Waals surface area contributed by atoms with E-state index in [4.69, 9.17) is 9.15 Å². The molecule has 0 bridgehead atoms. The maximum Gasteiger partial charge on any atom is 0.259 e. The first-order chi connectivity index (χ1) is 18.7. The molecule has 39 heavy (non-hydrogen) atoms. The van der Waals surface area contributed by atoms with Gasteiger partial charge in [0, 0.05) is 23.7 Å². The fourth-order valence-corrected chi connectivity index (χ4v) is 4.70. The Morgan fingerprint density at radius 2 is 1.74 bits per heavy atom. The molecular formula is C32H33FN2O4. The lowest BCUT2D eigenvalue weighted by atomic mass is 9.90. The lowest BCUT2D eigenvalue weighted by Crippen LogP contribution is -2.22. The molecule has 0 saturated carbocycles. The average Bonchev–Trinajstić information content (AvgIpc) is 3.30. The molecule has 6 nitrogen and oxygen atoms in total. The zero-order chi connectivity index (χ0) is 28.3. The van der Waals surface area contributed by atoms with Crippen molar-refractivity contribution in [2.45, 2.75) is 40.0 Å². The Kier molecular flexibility index (Phi) is 8.19. The zero-order valence-electron chi connectivity index (χ0n) is 23.0. The third kappa shape index (κ3) is 5.43. The predicted molar refractivity (Wildman–Crippen MR) is 153 cm³/mol. The van der Waals surface area contributed by atoms with Crippen LogP contribution in [0.4, 0.5) is 4.39 Å². The molecule has 1 aromatic heterocycles. The van der Waals surface area contributed by atoms with Gasteiger partial charge in [-0.25, -0.2) is 4.39 Å². The minimum absolute atomic E-state index is 0.300. The van der Waals surface area contributed by atoms with Gasteiger partial charge in [-0.15, -0.1) is 0 Å². The second-order valence-electron chi connectivity index (χ2n) is 9.43. The van der Waals surface area contributed by atoms with E-state index in [0.717, 1.165) is 35.1 Å². The molecule has 0 fully saturated rings. The third-order valence-electron chi connectivity index (χ3n) is 6.79. The van der Waals surface area contributed by atoms with Crippen molar-refractivity contribution in [1.82, 2.24) is 10.6 Å². The Bertz CT molecular complexity index is 1570. The first kappa shape index (κ1) is 27.6. The maximum atomic E-state index is 13.6. The lowest BCUT2D eigenvalue weighted by Gasteiger charge is -2.17. The van der Waals surface area contributed by atoms with E-state index < -0.39 is 0 Å². The molecule has 4 rings (SSSR count). The molecule has 7 heteroatoms. The van der Waals surface area contributed by atoms with Gasteiger partial charge >= 0.3 is 0 Å². The number of nitrogens with one attached hydrogen (secondary N) is 2. The normalized spacial score (nSPS) is 10.9. The van der Waals surface area contributed by atoms with Crippen LogP contribution in [-0.4, -0.2) is 26.0 Å². The zero-order valence-corrected chi connectivity index (χ0v) is 23.0. The van der Waals surface area contributed by atoms with Gasteiger partial charge < -0.3 is 19.8 Å². The molecule has 0 aliphatic rings. The van der Waals surface area contributed by atoms with Gasteiger partial charge in [-0.3, -0.25) is 9.59 Å². The lowest BCUT2D eigenvalue weighted by molar-refractivity contribution is 0.0955. The van der Waals surface area contributed by atoms with E-state index in [0.29, 0.717) is 51.3 Å². The molecule has 0 aliphatic carbocycles. The molecule has 0 saturated heterocycles. The van der Waals surface area contributed by atoms with Crippen LogP contribution in [0.5, 0.6) is 5.75 Å². The highest BCUT2D eigenvalue weighted by Crippen LogP contribution is 2.40. The summed E-state index contributed by atoms with van der Waals surface area (Å²) in [6, 6.07) is 13.4. The smallest absolute Gasteiger partial charge is 0.259 e. The molecule has 202 valence electrons. The summed E-state index contributed by atoms with van der Waals surface area (Å²) in [6.07, 6.45) is 2.25. The summed E-state index contributed by atoms with van der Waals surface area (Å²) in [6.45, 7) is 9.86. The van der Waals surface area contributed by atoms with Crippen molar-refractivity contribution >= 4 is 22.8 Å². The van der Waals surface area contributed by atoms with Gasteiger partial charge in [-0.05, 0) is 90.6 Å². The Morgan fingerprint density at radius 3 is 2.36 bits per heavy atom. The fraction of sp³-hybridized carbons (Fsp3) is 0.250. The number of fused-ring (bicyclic) bond motifs is 1. The molecule has 0 unspecified atom stereocenters. The topological polar surface area (TPSA) is 80.6 Å². The Morgan fingerprint density at radius 1 is 1.03 bits per heavy atom. The van der Waals surface area contributed by atoms with Crippen molar-refractivity contribution in [2.75, 3.05) is 14.2 Å². The van der Waals surface area contributed by atoms with Gasteiger partial charge in [0.1, 0.15) is 22.9 Å². The van der Waals surface area contributed by atoms with Gasteiger partial charge in [-0.2, -0.15) is 0 Å². The van der Waals surface area contributed by atoms with Crippen LogP contribution in [0.3, 0.4) is 0 Å². The summed E-state index contributed by atoms with van der Waals surface area (Å²) in [5.74, 6) is -0.156. The van der Waals surface area contributed by atoms with Gasteiger partial charge in [0.25, 0.3) is 11.8 Å². The number of halogens is 1. The number of hydrogen-bond donors (Lipinski definition) is 2. The Labute approximate surface area is 227 Å². The number of benzene rings is 3. The first-order valence-corrected chi connectivity index (χ1v) is 13.0. The van der Waals surface area contributed by atoms with Crippen LogP contribution in [0.2, 0.25) is 0 Å². The second kappa shape index (κ2) is 11.6. The van der Waals surface area contributed by atoms with Gasteiger partial charge in [-0.1, -0.05) is 26.8 Å².